The number of likely N-dealkylation sites (N-methyl/N-ethyl adjacent to an activating group) is 1. The van der Waals surface area contributed by atoms with Gasteiger partial charge in [-0.15, -0.1) is 0 Å². The minimum atomic E-state index is -0.719. The van der Waals surface area contributed by atoms with Gasteiger partial charge in [0.2, 0.25) is 11.8 Å². The summed E-state index contributed by atoms with van der Waals surface area (Å²) in [4.78, 5) is 41.3. The number of hydrogen-bond acceptors (Lipinski definition) is 6. The number of carbonyl (C=O) groups excluding carboxylic acids is 3. The maximum Gasteiger partial charge on any atom is 0.331 e. The number of nitrogens with one attached hydrogen (secondary N) is 1. The highest BCUT2D eigenvalue weighted by molar-refractivity contribution is 5.95. The van der Waals surface area contributed by atoms with Gasteiger partial charge in [0.25, 0.3) is 5.91 Å². The summed E-state index contributed by atoms with van der Waals surface area (Å²) in [7, 11) is 1.46. The number of carbonyl (C=O) groups is 3. The summed E-state index contributed by atoms with van der Waals surface area (Å²) in [5.41, 5.74) is 2.99. The number of aromatic nitrogens is 1. The molecule has 1 N–H and O–H groups in total. The molecule has 3 rings (SSSR count). The summed E-state index contributed by atoms with van der Waals surface area (Å²) >= 11 is 0. The van der Waals surface area contributed by atoms with Crippen LogP contribution in [0.15, 0.2) is 59.0 Å². The van der Waals surface area contributed by atoms with Gasteiger partial charge < -0.3 is 19.4 Å². The number of anilines is 1. The molecule has 0 bridgehead atoms. The number of aryl methyl sites for hydroxylation is 1. The molecule has 0 radical (unpaired) electrons. The topological polar surface area (TPSA) is 102 Å². The Kier molecular flexibility index (Phi) is 6.59. The molecule has 0 aliphatic carbocycles. The van der Waals surface area contributed by atoms with Crippen molar-refractivity contribution in [1.82, 2.24) is 9.88 Å². The predicted octanol–water partition coefficient (Wildman–Crippen LogP) is 2.79. The zero-order chi connectivity index (χ0) is 21.5. The average Bonchev–Trinajstić information content (AvgIpc) is 3.15. The number of esters is 1. The molecule has 0 aliphatic rings. The molecule has 2 aromatic carbocycles. The number of amides is 2. The number of fused-ring (bicyclic) bond motifs is 1. The van der Waals surface area contributed by atoms with E-state index in [9.17, 15) is 14.4 Å². The molecule has 0 unspecified atom stereocenters. The molecule has 8 nitrogen and oxygen atoms in total. The van der Waals surface area contributed by atoms with E-state index in [0.29, 0.717) is 16.8 Å². The molecule has 0 spiro atoms. The van der Waals surface area contributed by atoms with Crippen LogP contribution in [0.5, 0.6) is 0 Å². The van der Waals surface area contributed by atoms with Gasteiger partial charge in [-0.2, -0.15) is 0 Å². The van der Waals surface area contributed by atoms with Crippen LogP contribution in [0.3, 0.4) is 0 Å². The monoisotopic (exact) mass is 407 g/mol. The molecule has 30 heavy (non-hydrogen) atoms. The van der Waals surface area contributed by atoms with Crippen LogP contribution >= 0.6 is 0 Å². The Labute approximate surface area is 173 Å². The van der Waals surface area contributed by atoms with E-state index in [-0.39, 0.29) is 18.3 Å². The molecular formula is C22H21N3O5. The van der Waals surface area contributed by atoms with E-state index in [0.717, 1.165) is 11.6 Å². The van der Waals surface area contributed by atoms with Crippen molar-refractivity contribution in [1.29, 1.82) is 0 Å². The van der Waals surface area contributed by atoms with E-state index in [1.807, 2.05) is 31.2 Å². The summed E-state index contributed by atoms with van der Waals surface area (Å²) in [5.74, 6) is -1.32. The fraction of sp³-hybridized carbons (Fsp3) is 0.182. The van der Waals surface area contributed by atoms with Gasteiger partial charge in [0, 0.05) is 24.9 Å². The van der Waals surface area contributed by atoms with E-state index >= 15 is 0 Å². The minimum absolute atomic E-state index is 0.164. The largest absolute Gasteiger partial charge is 0.452 e. The Bertz CT molecular complexity index is 1050. The van der Waals surface area contributed by atoms with E-state index in [1.54, 1.807) is 24.3 Å². The van der Waals surface area contributed by atoms with Gasteiger partial charge in [0.15, 0.2) is 12.2 Å². The Morgan fingerprint density at radius 2 is 1.87 bits per heavy atom. The van der Waals surface area contributed by atoms with Crippen LogP contribution in [-0.4, -0.2) is 47.9 Å². The minimum Gasteiger partial charge on any atom is -0.452 e. The van der Waals surface area contributed by atoms with Gasteiger partial charge in [-0.25, -0.2) is 9.78 Å². The van der Waals surface area contributed by atoms with Crippen LogP contribution in [0.1, 0.15) is 11.5 Å². The second-order valence-corrected chi connectivity index (χ2v) is 6.62. The van der Waals surface area contributed by atoms with E-state index in [1.165, 1.54) is 18.0 Å². The van der Waals surface area contributed by atoms with Gasteiger partial charge in [-0.1, -0.05) is 29.8 Å². The summed E-state index contributed by atoms with van der Waals surface area (Å²) in [5, 5.41) is 2.70. The highest BCUT2D eigenvalue weighted by atomic mass is 16.5. The molecule has 1 aromatic heterocycles. The normalized spacial score (nSPS) is 10.9. The van der Waals surface area contributed by atoms with Crippen LogP contribution in [0.25, 0.3) is 17.2 Å². The van der Waals surface area contributed by atoms with Crippen LogP contribution < -0.4 is 5.32 Å². The van der Waals surface area contributed by atoms with Crippen molar-refractivity contribution in [3.05, 3.63) is 66.1 Å². The maximum atomic E-state index is 12.1. The first-order valence-electron chi connectivity index (χ1n) is 9.21. The molecule has 0 fully saturated rings. The first-order chi connectivity index (χ1) is 14.4. The number of nitrogens with zero attached hydrogens (tertiary/aromatic N) is 2. The molecule has 0 atom stereocenters. The van der Waals surface area contributed by atoms with Crippen molar-refractivity contribution >= 4 is 40.6 Å². The lowest BCUT2D eigenvalue weighted by molar-refractivity contribution is -0.148. The molecule has 0 aliphatic heterocycles. The van der Waals surface area contributed by atoms with Crippen LogP contribution in [0, 0.1) is 6.92 Å². The Morgan fingerprint density at radius 1 is 1.13 bits per heavy atom. The quantitative estimate of drug-likeness (QED) is 0.477. The highest BCUT2D eigenvalue weighted by Crippen LogP contribution is 2.15. The molecule has 0 saturated heterocycles. The number of ether oxygens (including phenoxy) is 1. The second-order valence-electron chi connectivity index (χ2n) is 6.62. The number of benzene rings is 2. The second kappa shape index (κ2) is 9.51. The lowest BCUT2D eigenvalue weighted by atomic mass is 10.2. The van der Waals surface area contributed by atoms with E-state index < -0.39 is 18.5 Å². The summed E-state index contributed by atoms with van der Waals surface area (Å²) in [6.45, 7) is 1.30. The van der Waals surface area contributed by atoms with E-state index in [2.05, 4.69) is 10.3 Å². The first kappa shape index (κ1) is 20.8. The summed E-state index contributed by atoms with van der Waals surface area (Å²) < 4.78 is 10.4. The fourth-order valence-corrected chi connectivity index (χ4v) is 2.53. The zero-order valence-corrected chi connectivity index (χ0v) is 16.6. The lowest BCUT2D eigenvalue weighted by Crippen LogP contribution is -2.37. The van der Waals surface area contributed by atoms with Crippen molar-refractivity contribution in [2.75, 3.05) is 25.5 Å². The number of oxazole rings is 1. The number of para-hydroxylation sites is 2. The molecule has 8 heteroatoms. The van der Waals surface area contributed by atoms with E-state index in [4.69, 9.17) is 9.15 Å². The third-order valence-electron chi connectivity index (χ3n) is 4.15. The molecule has 3 aromatic rings. The maximum absolute atomic E-state index is 12.1. The van der Waals surface area contributed by atoms with Gasteiger partial charge in [-0.05, 0) is 31.2 Å². The molecule has 154 valence electrons. The highest BCUT2D eigenvalue weighted by Gasteiger charge is 2.15. The lowest BCUT2D eigenvalue weighted by Gasteiger charge is -2.16. The SMILES string of the molecule is Cc1ccc(NC(=O)CN(C)C(=O)COC(=O)/C=C/c2nc3ccccc3o2)cc1. The van der Waals surface area contributed by atoms with Crippen LogP contribution in [0.2, 0.25) is 0 Å². The van der Waals surface area contributed by atoms with Crippen molar-refractivity contribution in [2.24, 2.45) is 0 Å². The summed E-state index contributed by atoms with van der Waals surface area (Å²) in [6.07, 6.45) is 2.49. The zero-order valence-electron chi connectivity index (χ0n) is 16.6. The third kappa shape index (κ3) is 5.78. The van der Waals surface area contributed by atoms with Gasteiger partial charge in [-0.3, -0.25) is 9.59 Å². The molecule has 1 heterocycles. The third-order valence-corrected chi connectivity index (χ3v) is 4.15. The number of hydrogen-bond donors (Lipinski definition) is 1. The Morgan fingerprint density at radius 3 is 2.60 bits per heavy atom. The van der Waals surface area contributed by atoms with Gasteiger partial charge >= 0.3 is 5.97 Å². The van der Waals surface area contributed by atoms with Gasteiger partial charge in [0.05, 0.1) is 6.54 Å². The first-order valence-corrected chi connectivity index (χ1v) is 9.21. The molecule has 2 amide bonds. The van der Waals surface area contributed by atoms with Gasteiger partial charge in [0.1, 0.15) is 5.52 Å². The average molecular weight is 407 g/mol. The van der Waals surface area contributed by atoms with Crippen LogP contribution in [0.4, 0.5) is 5.69 Å². The fourth-order valence-electron chi connectivity index (χ4n) is 2.53. The van der Waals surface area contributed by atoms with Crippen molar-refractivity contribution in [3.63, 3.8) is 0 Å². The Hall–Kier alpha value is -3.94. The number of rotatable bonds is 7. The van der Waals surface area contributed by atoms with Crippen molar-refractivity contribution in [3.8, 4) is 0 Å². The Balaban J connectivity index is 1.43. The predicted molar refractivity (Wildman–Crippen MR) is 111 cm³/mol. The van der Waals surface area contributed by atoms with Crippen molar-refractivity contribution in [2.45, 2.75) is 6.92 Å². The van der Waals surface area contributed by atoms with Crippen molar-refractivity contribution < 1.29 is 23.5 Å². The standard InChI is InChI=1S/C22H21N3O5/c1-15-7-9-16(10-8-15)23-19(26)13-25(2)21(27)14-29-22(28)12-11-20-24-17-5-3-4-6-18(17)30-20/h3-12H,13-14H2,1-2H3,(H,23,26)/b12-11+. The molecule has 0 saturated carbocycles. The van der Waals surface area contributed by atoms with Crippen LogP contribution in [-0.2, 0) is 19.1 Å². The smallest absolute Gasteiger partial charge is 0.331 e. The molecular weight excluding hydrogens is 386 g/mol. The summed E-state index contributed by atoms with van der Waals surface area (Å²) in [6, 6.07) is 14.5.